The van der Waals surface area contributed by atoms with Crippen molar-refractivity contribution in [2.45, 2.75) is 52.5 Å². The maximum atomic E-state index is 11.1. The van der Waals surface area contributed by atoms with E-state index >= 15 is 0 Å². The number of hydrogen-bond acceptors (Lipinski definition) is 2. The molecule has 0 saturated carbocycles. The molecule has 1 N–H and O–H groups in total. The molecule has 94 valence electrons. The molecule has 1 aliphatic heterocycles. The average Bonchev–Trinajstić information content (AvgIpc) is 2.25. The van der Waals surface area contributed by atoms with Gasteiger partial charge in [0.1, 0.15) is 0 Å². The Kier molecular flexibility index (Phi) is 5.81. The van der Waals surface area contributed by atoms with E-state index < -0.39 is 0 Å². The second kappa shape index (κ2) is 6.89. The van der Waals surface area contributed by atoms with Gasteiger partial charge in [0.2, 0.25) is 5.91 Å². The number of carbonyl (C=O) groups excluding carboxylic acids is 1. The molecule has 0 spiro atoms. The molecule has 1 fully saturated rings. The van der Waals surface area contributed by atoms with E-state index in [1.165, 1.54) is 32.4 Å². The van der Waals surface area contributed by atoms with Crippen molar-refractivity contribution in [2.75, 3.05) is 19.6 Å². The van der Waals surface area contributed by atoms with Crippen molar-refractivity contribution in [1.29, 1.82) is 0 Å². The third-order valence-corrected chi connectivity index (χ3v) is 3.40. The first-order chi connectivity index (χ1) is 7.59. The summed E-state index contributed by atoms with van der Waals surface area (Å²) in [5, 5.41) is 3.05. The van der Waals surface area contributed by atoms with Gasteiger partial charge in [0.05, 0.1) is 0 Å². The lowest BCUT2D eigenvalue weighted by molar-refractivity contribution is -0.120. The van der Waals surface area contributed by atoms with Crippen LogP contribution in [-0.2, 0) is 4.79 Å². The highest BCUT2D eigenvalue weighted by Crippen LogP contribution is 2.12. The number of likely N-dealkylation sites (tertiary alicyclic amines) is 1. The van der Waals surface area contributed by atoms with Crippen LogP contribution in [0.3, 0.4) is 0 Å². The minimum Gasteiger partial charge on any atom is -0.353 e. The van der Waals surface area contributed by atoms with E-state index in [1.54, 1.807) is 6.92 Å². The molecular weight excluding hydrogens is 200 g/mol. The Morgan fingerprint density at radius 3 is 2.38 bits per heavy atom. The third kappa shape index (κ3) is 4.97. The molecule has 0 aromatic heterocycles. The van der Waals surface area contributed by atoms with Crippen LogP contribution in [0.2, 0.25) is 0 Å². The summed E-state index contributed by atoms with van der Waals surface area (Å²) in [6, 6.07) is 0.333. The summed E-state index contributed by atoms with van der Waals surface area (Å²) in [5.74, 6) is 0.617. The summed E-state index contributed by atoms with van der Waals surface area (Å²) in [6.45, 7) is 9.57. The number of nitrogens with one attached hydrogen (secondary N) is 1. The first kappa shape index (κ1) is 13.5. The van der Waals surface area contributed by atoms with Crippen LogP contribution in [0, 0.1) is 5.92 Å². The van der Waals surface area contributed by atoms with Crippen LogP contribution >= 0.6 is 0 Å². The number of carbonyl (C=O) groups is 1. The van der Waals surface area contributed by atoms with Crippen molar-refractivity contribution in [2.24, 2.45) is 5.92 Å². The molecule has 1 heterocycles. The number of hydrogen-bond donors (Lipinski definition) is 1. The summed E-state index contributed by atoms with van der Waals surface area (Å²) in [4.78, 5) is 13.6. The van der Waals surface area contributed by atoms with Gasteiger partial charge in [-0.2, -0.15) is 0 Å². The molecule has 1 atom stereocenters. The molecule has 3 nitrogen and oxygen atoms in total. The van der Waals surface area contributed by atoms with Gasteiger partial charge >= 0.3 is 0 Å². The molecule has 0 bridgehead atoms. The van der Waals surface area contributed by atoms with Crippen LogP contribution in [0.25, 0.3) is 0 Å². The zero-order chi connectivity index (χ0) is 12.0. The van der Waals surface area contributed by atoms with Gasteiger partial charge in [-0.1, -0.05) is 20.3 Å². The van der Waals surface area contributed by atoms with Crippen LogP contribution in [-0.4, -0.2) is 36.5 Å². The maximum Gasteiger partial charge on any atom is 0.217 e. The lowest BCUT2D eigenvalue weighted by atomic mass is 10.00. The van der Waals surface area contributed by atoms with Crippen molar-refractivity contribution in [3.8, 4) is 0 Å². The molecule has 1 amide bonds. The van der Waals surface area contributed by atoms with Gasteiger partial charge < -0.3 is 10.2 Å². The van der Waals surface area contributed by atoms with Gasteiger partial charge in [-0.3, -0.25) is 4.79 Å². The average molecular weight is 226 g/mol. The first-order valence-electron chi connectivity index (χ1n) is 6.59. The fraction of sp³-hybridized carbons (Fsp3) is 0.923. The van der Waals surface area contributed by atoms with E-state index in [0.29, 0.717) is 12.0 Å². The number of nitrogens with zero attached hydrogens (tertiary/aromatic N) is 1. The fourth-order valence-electron chi connectivity index (χ4n) is 2.34. The van der Waals surface area contributed by atoms with Crippen molar-refractivity contribution in [3.05, 3.63) is 0 Å². The first-order valence-corrected chi connectivity index (χ1v) is 6.59. The second-order valence-electron chi connectivity index (χ2n) is 5.24. The monoisotopic (exact) mass is 226 g/mol. The Hall–Kier alpha value is -0.570. The van der Waals surface area contributed by atoms with Gasteiger partial charge in [-0.05, 0) is 38.3 Å². The third-order valence-electron chi connectivity index (χ3n) is 3.40. The van der Waals surface area contributed by atoms with E-state index in [0.717, 1.165) is 13.0 Å². The molecule has 1 rings (SSSR count). The Bertz CT molecular complexity index is 210. The molecule has 1 aliphatic rings. The van der Waals surface area contributed by atoms with E-state index in [4.69, 9.17) is 0 Å². The van der Waals surface area contributed by atoms with Crippen LogP contribution in [0.4, 0.5) is 0 Å². The van der Waals surface area contributed by atoms with Gasteiger partial charge in [0.25, 0.3) is 0 Å². The summed E-state index contributed by atoms with van der Waals surface area (Å²) < 4.78 is 0. The zero-order valence-corrected chi connectivity index (χ0v) is 11.0. The predicted molar refractivity (Wildman–Crippen MR) is 67.4 cm³/mol. The van der Waals surface area contributed by atoms with Crippen molar-refractivity contribution >= 4 is 5.91 Å². The number of amides is 1. The number of piperidine rings is 1. The Morgan fingerprint density at radius 2 is 1.88 bits per heavy atom. The van der Waals surface area contributed by atoms with Gasteiger partial charge in [0.15, 0.2) is 0 Å². The molecule has 3 heteroatoms. The molecule has 0 aliphatic carbocycles. The summed E-state index contributed by atoms with van der Waals surface area (Å²) in [7, 11) is 0. The lowest BCUT2D eigenvalue weighted by Gasteiger charge is -2.29. The van der Waals surface area contributed by atoms with E-state index in [2.05, 4.69) is 24.1 Å². The molecule has 1 saturated heterocycles. The highest BCUT2D eigenvalue weighted by Gasteiger charge is 2.17. The van der Waals surface area contributed by atoms with E-state index in [-0.39, 0.29) is 5.91 Å². The largest absolute Gasteiger partial charge is 0.353 e. The minimum atomic E-state index is 0.0948. The maximum absolute atomic E-state index is 11.1. The highest BCUT2D eigenvalue weighted by atomic mass is 16.1. The summed E-state index contributed by atoms with van der Waals surface area (Å²) in [5.41, 5.74) is 0. The van der Waals surface area contributed by atoms with E-state index in [1.807, 2.05) is 0 Å². The topological polar surface area (TPSA) is 32.3 Å². The van der Waals surface area contributed by atoms with Crippen LogP contribution in [0.15, 0.2) is 0 Å². The Balaban J connectivity index is 2.28. The molecule has 0 aromatic rings. The highest BCUT2D eigenvalue weighted by molar-refractivity contribution is 5.73. The Labute approximate surface area is 99.6 Å². The van der Waals surface area contributed by atoms with E-state index in [9.17, 15) is 4.79 Å². The molecule has 0 radical (unpaired) electrons. The van der Waals surface area contributed by atoms with Crippen LogP contribution < -0.4 is 5.32 Å². The molecular formula is C13H26N2O. The van der Waals surface area contributed by atoms with Gasteiger partial charge in [0, 0.05) is 19.5 Å². The minimum absolute atomic E-state index is 0.0948. The zero-order valence-electron chi connectivity index (χ0n) is 11.0. The van der Waals surface area contributed by atoms with Crippen molar-refractivity contribution < 1.29 is 4.79 Å². The standard InChI is InChI=1S/C13H26N2O/c1-11(2)13(14-12(3)16)7-10-15-8-5-4-6-9-15/h11,13H,4-10H2,1-3H3,(H,14,16). The van der Waals surface area contributed by atoms with Gasteiger partial charge in [-0.15, -0.1) is 0 Å². The molecule has 1 unspecified atom stereocenters. The fourth-order valence-corrected chi connectivity index (χ4v) is 2.34. The lowest BCUT2D eigenvalue weighted by Crippen LogP contribution is -2.41. The van der Waals surface area contributed by atoms with Gasteiger partial charge in [-0.25, -0.2) is 0 Å². The summed E-state index contributed by atoms with van der Waals surface area (Å²) in [6.07, 6.45) is 5.14. The van der Waals surface area contributed by atoms with Crippen molar-refractivity contribution in [3.63, 3.8) is 0 Å². The number of rotatable bonds is 5. The van der Waals surface area contributed by atoms with Crippen LogP contribution in [0.5, 0.6) is 0 Å². The van der Waals surface area contributed by atoms with Crippen LogP contribution in [0.1, 0.15) is 46.5 Å². The molecule has 16 heavy (non-hydrogen) atoms. The second-order valence-corrected chi connectivity index (χ2v) is 5.24. The normalized spacial score (nSPS) is 19.8. The summed E-state index contributed by atoms with van der Waals surface area (Å²) >= 11 is 0. The van der Waals surface area contributed by atoms with Crippen molar-refractivity contribution in [1.82, 2.24) is 10.2 Å². The Morgan fingerprint density at radius 1 is 1.25 bits per heavy atom. The SMILES string of the molecule is CC(=O)NC(CCN1CCCCC1)C(C)C. The molecule has 0 aromatic carbocycles. The quantitative estimate of drug-likeness (QED) is 0.778. The predicted octanol–water partition coefficient (Wildman–Crippen LogP) is 2.02. The smallest absolute Gasteiger partial charge is 0.217 e.